The Kier molecular flexibility index (Phi) is 3.68. The Balaban J connectivity index is 2.14. The molecule has 0 bridgehead atoms. The van der Waals surface area contributed by atoms with Crippen LogP contribution in [-0.4, -0.2) is 34.1 Å². The third kappa shape index (κ3) is 2.99. The van der Waals surface area contributed by atoms with Gasteiger partial charge in [0.25, 0.3) is 11.6 Å². The molecule has 2 rings (SSSR count). The molecule has 0 spiro atoms. The van der Waals surface area contributed by atoms with E-state index in [2.05, 4.69) is 10.3 Å². The number of amides is 1. The van der Waals surface area contributed by atoms with Gasteiger partial charge < -0.3 is 10.4 Å². The van der Waals surface area contributed by atoms with Gasteiger partial charge in [-0.3, -0.25) is 14.9 Å². The van der Waals surface area contributed by atoms with Crippen molar-refractivity contribution in [3.05, 3.63) is 33.1 Å². The number of nitrogens with one attached hydrogen (secondary N) is 1. The summed E-state index contributed by atoms with van der Waals surface area (Å²) in [6, 6.07) is 1.16. The molecule has 0 saturated heterocycles. The number of pyridine rings is 1. The van der Waals surface area contributed by atoms with E-state index in [0.29, 0.717) is 6.54 Å². The quantitative estimate of drug-likeness (QED) is 0.479. The number of aromatic nitrogens is 1. The predicted molar refractivity (Wildman–Crippen MR) is 67.0 cm³/mol. The van der Waals surface area contributed by atoms with Crippen LogP contribution in [0.3, 0.4) is 0 Å². The molecule has 0 unspecified atom stereocenters. The molecule has 2 N–H and O–H groups in total. The number of carbonyl (C=O) groups is 1. The highest BCUT2D eigenvalue weighted by Gasteiger charge is 2.42. The Labute approximate surface area is 113 Å². The van der Waals surface area contributed by atoms with Gasteiger partial charge in [0, 0.05) is 12.0 Å². The standard InChI is InChI=1S/C11H12ClN3O4/c12-9-3-7(8(4-13-9)15(18)19)10(17)14-5-11(6-16)1-2-11/h3-4,16H,1-2,5-6H2,(H,14,17). The molecule has 1 fully saturated rings. The summed E-state index contributed by atoms with van der Waals surface area (Å²) in [5.41, 5.74) is -0.782. The van der Waals surface area contributed by atoms with Crippen molar-refractivity contribution in [3.8, 4) is 0 Å². The number of carbonyl (C=O) groups excluding carboxylic acids is 1. The minimum atomic E-state index is -0.683. The molecule has 1 aliphatic carbocycles. The van der Waals surface area contributed by atoms with E-state index < -0.39 is 16.5 Å². The molecule has 0 atom stereocenters. The van der Waals surface area contributed by atoms with E-state index in [9.17, 15) is 14.9 Å². The second kappa shape index (κ2) is 5.10. The summed E-state index contributed by atoms with van der Waals surface area (Å²) < 4.78 is 0. The SMILES string of the molecule is O=C(NCC1(CO)CC1)c1cc(Cl)ncc1[N+](=O)[O-]. The summed E-state index contributed by atoms with van der Waals surface area (Å²) in [6.45, 7) is 0.284. The Morgan fingerprint density at radius 1 is 1.63 bits per heavy atom. The van der Waals surface area contributed by atoms with E-state index in [-0.39, 0.29) is 22.7 Å². The number of aliphatic hydroxyl groups excluding tert-OH is 1. The summed E-state index contributed by atoms with van der Waals surface area (Å²) in [4.78, 5) is 25.6. The van der Waals surface area contributed by atoms with Crippen LogP contribution in [-0.2, 0) is 0 Å². The van der Waals surface area contributed by atoms with Crippen LogP contribution in [0, 0.1) is 15.5 Å². The molecule has 1 aromatic rings. The molecule has 1 heterocycles. The summed E-state index contributed by atoms with van der Waals surface area (Å²) in [5.74, 6) is -0.587. The van der Waals surface area contributed by atoms with Crippen molar-refractivity contribution in [3.63, 3.8) is 0 Å². The first-order chi connectivity index (χ1) is 8.97. The van der Waals surface area contributed by atoms with E-state index >= 15 is 0 Å². The number of hydrogen-bond acceptors (Lipinski definition) is 5. The number of nitrogens with zero attached hydrogens (tertiary/aromatic N) is 2. The topological polar surface area (TPSA) is 105 Å². The molecule has 1 aliphatic rings. The predicted octanol–water partition coefficient (Wildman–Crippen LogP) is 1.15. The zero-order chi connectivity index (χ0) is 14.0. The molecule has 102 valence electrons. The molecule has 0 radical (unpaired) electrons. The van der Waals surface area contributed by atoms with Gasteiger partial charge in [0.05, 0.1) is 11.5 Å². The fourth-order valence-corrected chi connectivity index (χ4v) is 1.84. The number of rotatable bonds is 5. The highest BCUT2D eigenvalue weighted by atomic mass is 35.5. The van der Waals surface area contributed by atoms with Crippen LogP contribution in [0.15, 0.2) is 12.3 Å². The lowest BCUT2D eigenvalue weighted by atomic mass is 10.1. The molecule has 1 aromatic heterocycles. The van der Waals surface area contributed by atoms with Crippen LogP contribution >= 0.6 is 11.6 Å². The minimum Gasteiger partial charge on any atom is -0.396 e. The largest absolute Gasteiger partial charge is 0.396 e. The Morgan fingerprint density at radius 2 is 2.32 bits per heavy atom. The Hall–Kier alpha value is -1.73. The van der Waals surface area contributed by atoms with Gasteiger partial charge in [-0.25, -0.2) is 4.98 Å². The number of halogens is 1. The van der Waals surface area contributed by atoms with Gasteiger partial charge in [0.2, 0.25) is 0 Å². The van der Waals surface area contributed by atoms with Gasteiger partial charge >= 0.3 is 0 Å². The average Bonchev–Trinajstić information content (AvgIpc) is 3.16. The number of hydrogen-bond donors (Lipinski definition) is 2. The lowest BCUT2D eigenvalue weighted by molar-refractivity contribution is -0.385. The van der Waals surface area contributed by atoms with E-state index in [1.165, 1.54) is 0 Å². The highest BCUT2D eigenvalue weighted by molar-refractivity contribution is 6.29. The summed E-state index contributed by atoms with van der Waals surface area (Å²) >= 11 is 5.64. The molecular weight excluding hydrogens is 274 g/mol. The number of nitro groups is 1. The van der Waals surface area contributed by atoms with Gasteiger partial charge in [0.1, 0.15) is 16.9 Å². The molecule has 1 amide bonds. The van der Waals surface area contributed by atoms with Crippen molar-refractivity contribution in [2.45, 2.75) is 12.8 Å². The van der Waals surface area contributed by atoms with Gasteiger partial charge in [0.15, 0.2) is 0 Å². The summed E-state index contributed by atoms with van der Waals surface area (Å²) in [7, 11) is 0. The normalized spacial score (nSPS) is 15.9. The smallest absolute Gasteiger partial charge is 0.300 e. The van der Waals surface area contributed by atoms with E-state index in [1.54, 1.807) is 0 Å². The van der Waals surface area contributed by atoms with Crippen molar-refractivity contribution < 1.29 is 14.8 Å². The molecule has 0 aromatic carbocycles. The van der Waals surface area contributed by atoms with Gasteiger partial charge in [-0.1, -0.05) is 11.6 Å². The van der Waals surface area contributed by atoms with Crippen molar-refractivity contribution in [2.24, 2.45) is 5.41 Å². The maximum Gasteiger partial charge on any atom is 0.300 e. The van der Waals surface area contributed by atoms with Crippen LogP contribution < -0.4 is 5.32 Å². The first-order valence-corrected chi connectivity index (χ1v) is 6.04. The second-order valence-electron chi connectivity index (χ2n) is 4.62. The van der Waals surface area contributed by atoms with E-state index in [0.717, 1.165) is 25.1 Å². The van der Waals surface area contributed by atoms with Gasteiger partial charge in [-0.05, 0) is 18.9 Å². The summed E-state index contributed by atoms with van der Waals surface area (Å²) in [5, 5.41) is 22.5. The maximum absolute atomic E-state index is 11.9. The van der Waals surface area contributed by atoms with Crippen LogP contribution in [0.1, 0.15) is 23.2 Å². The van der Waals surface area contributed by atoms with Crippen molar-refractivity contribution in [1.29, 1.82) is 0 Å². The molecule has 8 heteroatoms. The molecule has 7 nitrogen and oxygen atoms in total. The Morgan fingerprint density at radius 3 is 2.84 bits per heavy atom. The monoisotopic (exact) mass is 285 g/mol. The zero-order valence-corrected chi connectivity index (χ0v) is 10.7. The number of aliphatic hydroxyl groups is 1. The lowest BCUT2D eigenvalue weighted by Crippen LogP contribution is -2.32. The van der Waals surface area contributed by atoms with Crippen molar-refractivity contribution in [1.82, 2.24) is 10.3 Å². The van der Waals surface area contributed by atoms with Crippen LogP contribution in [0.2, 0.25) is 5.15 Å². The maximum atomic E-state index is 11.9. The molecule has 19 heavy (non-hydrogen) atoms. The second-order valence-corrected chi connectivity index (χ2v) is 5.01. The van der Waals surface area contributed by atoms with Crippen LogP contribution in [0.5, 0.6) is 0 Å². The average molecular weight is 286 g/mol. The van der Waals surface area contributed by atoms with Gasteiger partial charge in [-0.15, -0.1) is 0 Å². The fraction of sp³-hybridized carbons (Fsp3) is 0.455. The third-order valence-electron chi connectivity index (χ3n) is 3.21. The lowest BCUT2D eigenvalue weighted by Gasteiger charge is -2.12. The van der Waals surface area contributed by atoms with E-state index in [4.69, 9.17) is 16.7 Å². The van der Waals surface area contributed by atoms with Gasteiger partial charge in [-0.2, -0.15) is 0 Å². The molecular formula is C11H12ClN3O4. The first kappa shape index (κ1) is 13.7. The Bertz CT molecular complexity index is 531. The van der Waals surface area contributed by atoms with Crippen molar-refractivity contribution in [2.75, 3.05) is 13.2 Å². The zero-order valence-electron chi connectivity index (χ0n) is 9.93. The first-order valence-electron chi connectivity index (χ1n) is 5.66. The highest BCUT2D eigenvalue weighted by Crippen LogP contribution is 2.44. The molecule has 1 saturated carbocycles. The minimum absolute atomic E-state index is 0.00747. The van der Waals surface area contributed by atoms with Crippen LogP contribution in [0.4, 0.5) is 5.69 Å². The van der Waals surface area contributed by atoms with Crippen LogP contribution in [0.25, 0.3) is 0 Å². The van der Waals surface area contributed by atoms with E-state index in [1.807, 2.05) is 0 Å². The van der Waals surface area contributed by atoms with Crippen molar-refractivity contribution >= 4 is 23.2 Å². The summed E-state index contributed by atoms with van der Waals surface area (Å²) in [6.07, 6.45) is 2.63. The third-order valence-corrected chi connectivity index (χ3v) is 3.41. The fourth-order valence-electron chi connectivity index (χ4n) is 1.68. The molecule has 0 aliphatic heterocycles.